The van der Waals surface area contributed by atoms with Crippen LogP contribution in [0.15, 0.2) is 36.8 Å². The van der Waals surface area contributed by atoms with Crippen LogP contribution in [0.25, 0.3) is 11.3 Å². The van der Waals surface area contributed by atoms with Gasteiger partial charge in [-0.2, -0.15) is 0 Å². The van der Waals surface area contributed by atoms with E-state index in [1.165, 1.54) is 0 Å². The number of primary amides is 1. The lowest BCUT2D eigenvalue weighted by atomic mass is 10.1. The predicted molar refractivity (Wildman–Crippen MR) is 90.3 cm³/mol. The SMILES string of the molecule is C[Si](C)(C)CCOCn1cncc1-c1ccc(C(N)=O)cc1. The van der Waals surface area contributed by atoms with Gasteiger partial charge in [0.1, 0.15) is 6.73 Å². The minimum atomic E-state index is -1.07. The zero-order valence-electron chi connectivity index (χ0n) is 13.4. The quantitative estimate of drug-likeness (QED) is 0.630. The van der Waals surface area contributed by atoms with Gasteiger partial charge < -0.3 is 15.0 Å². The van der Waals surface area contributed by atoms with Crippen molar-refractivity contribution in [1.82, 2.24) is 9.55 Å². The van der Waals surface area contributed by atoms with Gasteiger partial charge in [0, 0.05) is 20.2 Å². The highest BCUT2D eigenvalue weighted by molar-refractivity contribution is 6.76. The molecule has 2 aromatic rings. The van der Waals surface area contributed by atoms with Gasteiger partial charge in [0.25, 0.3) is 0 Å². The second kappa shape index (κ2) is 6.89. The lowest BCUT2D eigenvalue weighted by molar-refractivity contribution is 0.0882. The number of imidazole rings is 1. The molecule has 0 radical (unpaired) electrons. The first kappa shape index (κ1) is 16.4. The van der Waals surface area contributed by atoms with Gasteiger partial charge >= 0.3 is 0 Å². The number of carbonyl (C=O) groups is 1. The molecule has 0 aliphatic rings. The molecule has 0 bridgehead atoms. The lowest BCUT2D eigenvalue weighted by Gasteiger charge is -2.16. The number of nitrogens with two attached hydrogens (primary N) is 1. The van der Waals surface area contributed by atoms with Crippen LogP contribution >= 0.6 is 0 Å². The molecule has 0 atom stereocenters. The number of hydrogen-bond acceptors (Lipinski definition) is 3. The third kappa shape index (κ3) is 4.54. The van der Waals surface area contributed by atoms with Crippen LogP contribution in [0, 0.1) is 0 Å². The third-order valence-electron chi connectivity index (χ3n) is 3.40. The molecular formula is C16H23N3O2Si. The Morgan fingerprint density at radius 3 is 2.55 bits per heavy atom. The molecule has 22 heavy (non-hydrogen) atoms. The monoisotopic (exact) mass is 317 g/mol. The van der Waals surface area contributed by atoms with Crippen LogP contribution in [-0.2, 0) is 11.5 Å². The van der Waals surface area contributed by atoms with Crippen LogP contribution in [0.3, 0.4) is 0 Å². The Balaban J connectivity index is 2.01. The Labute approximate surface area is 132 Å². The van der Waals surface area contributed by atoms with Crippen molar-refractivity contribution in [3.05, 3.63) is 42.4 Å². The second-order valence-corrected chi connectivity index (χ2v) is 12.2. The Kier molecular flexibility index (Phi) is 5.15. The molecular weight excluding hydrogens is 294 g/mol. The normalized spacial score (nSPS) is 11.6. The summed E-state index contributed by atoms with van der Waals surface area (Å²) in [4.78, 5) is 15.3. The highest BCUT2D eigenvalue weighted by Crippen LogP contribution is 2.19. The number of aromatic nitrogens is 2. The zero-order chi connectivity index (χ0) is 16.2. The van der Waals surface area contributed by atoms with Crippen LogP contribution in [0.4, 0.5) is 0 Å². The largest absolute Gasteiger partial charge is 0.366 e. The first-order chi connectivity index (χ1) is 10.4. The fourth-order valence-electron chi connectivity index (χ4n) is 2.01. The fraction of sp³-hybridized carbons (Fsp3) is 0.375. The van der Waals surface area contributed by atoms with E-state index >= 15 is 0 Å². The molecule has 1 heterocycles. The Bertz CT molecular complexity index is 630. The summed E-state index contributed by atoms with van der Waals surface area (Å²) < 4.78 is 7.72. The van der Waals surface area contributed by atoms with Gasteiger partial charge in [0.05, 0.1) is 18.2 Å². The van der Waals surface area contributed by atoms with Gasteiger partial charge in [-0.1, -0.05) is 31.8 Å². The number of nitrogens with zero attached hydrogens (tertiary/aromatic N) is 2. The Morgan fingerprint density at radius 1 is 1.27 bits per heavy atom. The van der Waals surface area contributed by atoms with Crippen LogP contribution in [0.2, 0.25) is 25.7 Å². The van der Waals surface area contributed by atoms with Crippen molar-refractivity contribution in [2.24, 2.45) is 5.73 Å². The third-order valence-corrected chi connectivity index (χ3v) is 5.11. The predicted octanol–water partition coefficient (Wildman–Crippen LogP) is 2.96. The van der Waals surface area contributed by atoms with Crippen molar-refractivity contribution in [1.29, 1.82) is 0 Å². The highest BCUT2D eigenvalue weighted by atomic mass is 28.3. The Morgan fingerprint density at radius 2 is 1.95 bits per heavy atom. The standard InChI is InChI=1S/C16H23N3O2Si/c1-22(2,3)9-8-21-12-19-11-18-10-15(19)13-4-6-14(7-5-13)16(17)20/h4-7,10-11H,8-9,12H2,1-3H3,(H2,17,20). The second-order valence-electron chi connectivity index (χ2n) is 6.54. The van der Waals surface area contributed by atoms with Crippen molar-refractivity contribution in [3.8, 4) is 11.3 Å². The molecule has 0 aliphatic heterocycles. The van der Waals surface area contributed by atoms with Gasteiger partial charge in [-0.05, 0) is 23.7 Å². The van der Waals surface area contributed by atoms with Crippen LogP contribution in [0.1, 0.15) is 10.4 Å². The average Bonchev–Trinajstić information content (AvgIpc) is 2.91. The van der Waals surface area contributed by atoms with Crippen molar-refractivity contribution < 1.29 is 9.53 Å². The molecule has 0 saturated carbocycles. The molecule has 5 nitrogen and oxygen atoms in total. The van der Waals surface area contributed by atoms with E-state index < -0.39 is 14.0 Å². The van der Waals surface area contributed by atoms with Gasteiger partial charge in [-0.25, -0.2) is 4.98 Å². The fourth-order valence-corrected chi connectivity index (χ4v) is 2.77. The van der Waals surface area contributed by atoms with E-state index in [-0.39, 0.29) is 0 Å². The van der Waals surface area contributed by atoms with Crippen molar-refractivity contribution >= 4 is 14.0 Å². The zero-order valence-corrected chi connectivity index (χ0v) is 14.4. The molecule has 0 fully saturated rings. The summed E-state index contributed by atoms with van der Waals surface area (Å²) in [6, 6.07) is 8.33. The summed E-state index contributed by atoms with van der Waals surface area (Å²) in [5.74, 6) is -0.422. The first-order valence-electron chi connectivity index (χ1n) is 7.35. The summed E-state index contributed by atoms with van der Waals surface area (Å²) in [5.41, 5.74) is 7.70. The van der Waals surface area contributed by atoms with Gasteiger partial charge in [-0.3, -0.25) is 4.79 Å². The van der Waals surface area contributed by atoms with Crippen LogP contribution < -0.4 is 5.73 Å². The number of benzene rings is 1. The molecule has 0 unspecified atom stereocenters. The Hall–Kier alpha value is -1.92. The van der Waals surface area contributed by atoms with E-state index in [0.717, 1.165) is 23.9 Å². The maximum Gasteiger partial charge on any atom is 0.248 e. The first-order valence-corrected chi connectivity index (χ1v) is 11.1. The number of rotatable bonds is 7. The smallest absolute Gasteiger partial charge is 0.248 e. The molecule has 0 spiro atoms. The highest BCUT2D eigenvalue weighted by Gasteiger charge is 2.12. The molecule has 118 valence electrons. The van der Waals surface area contributed by atoms with E-state index in [1.54, 1.807) is 24.7 Å². The summed E-state index contributed by atoms with van der Waals surface area (Å²) in [6.45, 7) is 8.25. The summed E-state index contributed by atoms with van der Waals surface area (Å²) in [5, 5.41) is 0. The molecule has 2 rings (SSSR count). The molecule has 1 aromatic heterocycles. The summed E-state index contributed by atoms with van der Waals surface area (Å²) in [7, 11) is -1.07. The average molecular weight is 317 g/mol. The molecule has 2 N–H and O–H groups in total. The van der Waals surface area contributed by atoms with Crippen LogP contribution in [-0.4, -0.2) is 30.1 Å². The van der Waals surface area contributed by atoms with E-state index in [0.29, 0.717) is 12.3 Å². The van der Waals surface area contributed by atoms with Crippen LogP contribution in [0.5, 0.6) is 0 Å². The summed E-state index contributed by atoms with van der Waals surface area (Å²) >= 11 is 0. The molecule has 1 amide bonds. The number of ether oxygens (including phenoxy) is 1. The summed E-state index contributed by atoms with van der Waals surface area (Å²) in [6.07, 6.45) is 3.55. The van der Waals surface area contributed by atoms with E-state index in [2.05, 4.69) is 24.6 Å². The number of hydrogen-bond donors (Lipinski definition) is 1. The van der Waals surface area contributed by atoms with Gasteiger partial charge in [0.2, 0.25) is 5.91 Å². The van der Waals surface area contributed by atoms with Crippen molar-refractivity contribution in [3.63, 3.8) is 0 Å². The van der Waals surface area contributed by atoms with E-state index in [9.17, 15) is 4.79 Å². The van der Waals surface area contributed by atoms with Gasteiger partial charge in [-0.15, -0.1) is 0 Å². The maximum absolute atomic E-state index is 11.1. The van der Waals surface area contributed by atoms with Crippen molar-refractivity contribution in [2.45, 2.75) is 32.4 Å². The van der Waals surface area contributed by atoms with E-state index in [1.807, 2.05) is 16.7 Å². The van der Waals surface area contributed by atoms with Gasteiger partial charge in [0.15, 0.2) is 0 Å². The maximum atomic E-state index is 11.1. The van der Waals surface area contributed by atoms with Crippen molar-refractivity contribution in [2.75, 3.05) is 6.61 Å². The minimum absolute atomic E-state index is 0.422. The number of amides is 1. The molecule has 1 aromatic carbocycles. The topological polar surface area (TPSA) is 70.1 Å². The molecule has 0 saturated heterocycles. The van der Waals surface area contributed by atoms with E-state index in [4.69, 9.17) is 10.5 Å². The number of carbonyl (C=O) groups excluding carboxylic acids is 1. The minimum Gasteiger partial charge on any atom is -0.366 e. The lowest BCUT2D eigenvalue weighted by Crippen LogP contribution is -2.22. The molecule has 0 aliphatic carbocycles. The molecule has 6 heteroatoms.